The summed E-state index contributed by atoms with van der Waals surface area (Å²) in [6.07, 6.45) is 1.83. The molecule has 1 aliphatic carbocycles. The molecule has 0 radical (unpaired) electrons. The van der Waals surface area contributed by atoms with E-state index in [1.165, 1.54) is 12.3 Å². The molecule has 0 amide bonds. The lowest BCUT2D eigenvalue weighted by atomic mass is 9.94. The van der Waals surface area contributed by atoms with E-state index in [0.29, 0.717) is 11.3 Å². The van der Waals surface area contributed by atoms with E-state index in [4.69, 9.17) is 15.5 Å². The first-order chi connectivity index (χ1) is 13.0. The van der Waals surface area contributed by atoms with E-state index in [1.54, 1.807) is 6.92 Å². The highest BCUT2D eigenvalue weighted by Crippen LogP contribution is 2.38. The van der Waals surface area contributed by atoms with Gasteiger partial charge in [0.05, 0.1) is 12.3 Å². The Bertz CT molecular complexity index is 875. The lowest BCUT2D eigenvalue weighted by Gasteiger charge is -2.22. The number of carbonyl (C=O) groups is 1. The number of aryl methyl sites for hydroxylation is 1. The monoisotopic (exact) mass is 415 g/mol. The van der Waals surface area contributed by atoms with Crippen molar-refractivity contribution in [3.8, 4) is 5.75 Å². The highest BCUT2D eigenvalue weighted by molar-refractivity contribution is 7.46. The van der Waals surface area contributed by atoms with Gasteiger partial charge in [0.2, 0.25) is 0 Å². The molecule has 0 fully saturated rings. The average Bonchev–Trinajstić information content (AvgIpc) is 2.60. The molecule has 11 nitrogen and oxygen atoms in total. The number of hydrogen-bond donors (Lipinski definition) is 7. The van der Waals surface area contributed by atoms with Crippen molar-refractivity contribution in [2.75, 3.05) is 0 Å². The number of aliphatic carboxylic acids is 1. The van der Waals surface area contributed by atoms with E-state index in [0.717, 1.165) is 0 Å². The number of carboxylic acids is 1. The van der Waals surface area contributed by atoms with Crippen molar-refractivity contribution in [3.05, 3.63) is 45.9 Å². The molecular formula is C16H22N3O8P. The minimum atomic E-state index is -4.73. The van der Waals surface area contributed by atoms with E-state index in [-0.39, 0.29) is 47.5 Å². The number of nitrogens with one attached hydrogen (secondary N) is 1. The number of allylic oxidation sites excluding steroid dienone is 1. The lowest BCUT2D eigenvalue weighted by molar-refractivity contribution is -0.132. The number of phosphoric acid groups is 1. The fraction of sp³-hybridized carbons (Fsp3) is 0.375. The van der Waals surface area contributed by atoms with Crippen molar-refractivity contribution in [1.82, 2.24) is 10.3 Å². The molecule has 1 unspecified atom stereocenters. The van der Waals surface area contributed by atoms with Crippen LogP contribution in [0.4, 0.5) is 0 Å². The van der Waals surface area contributed by atoms with E-state index in [1.807, 2.05) is 0 Å². The number of pyridine rings is 1. The molecular weight excluding hydrogens is 393 g/mol. The van der Waals surface area contributed by atoms with Crippen LogP contribution in [-0.4, -0.2) is 42.3 Å². The van der Waals surface area contributed by atoms with Crippen molar-refractivity contribution in [3.63, 3.8) is 0 Å². The number of aromatic hydroxyl groups is 1. The average molecular weight is 415 g/mol. The molecule has 1 heterocycles. The molecule has 1 aromatic heterocycles. The van der Waals surface area contributed by atoms with E-state index < -0.39 is 26.6 Å². The molecule has 0 aromatic carbocycles. The van der Waals surface area contributed by atoms with Gasteiger partial charge < -0.3 is 36.2 Å². The van der Waals surface area contributed by atoms with E-state index in [9.17, 15) is 24.7 Å². The molecule has 154 valence electrons. The number of aliphatic hydroxyl groups is 1. The van der Waals surface area contributed by atoms with Crippen LogP contribution in [0.1, 0.15) is 29.7 Å². The Morgan fingerprint density at radius 1 is 1.43 bits per heavy atom. The fourth-order valence-electron chi connectivity index (χ4n) is 2.73. The van der Waals surface area contributed by atoms with Gasteiger partial charge in [0.15, 0.2) is 0 Å². The summed E-state index contributed by atoms with van der Waals surface area (Å²) in [6, 6.07) is 0. The van der Waals surface area contributed by atoms with Gasteiger partial charge >= 0.3 is 13.8 Å². The number of carboxylic acid groups (broad SMARTS) is 1. The van der Waals surface area contributed by atoms with Gasteiger partial charge in [0, 0.05) is 35.1 Å². The maximum absolute atomic E-state index is 11.2. The molecule has 1 atom stereocenters. The fourth-order valence-corrected chi connectivity index (χ4v) is 3.03. The molecule has 1 aromatic rings. The van der Waals surface area contributed by atoms with Gasteiger partial charge in [-0.25, -0.2) is 9.36 Å². The zero-order valence-corrected chi connectivity index (χ0v) is 15.9. The predicted molar refractivity (Wildman–Crippen MR) is 96.5 cm³/mol. The molecule has 0 bridgehead atoms. The number of aliphatic hydroxyl groups excluding tert-OH is 1. The molecule has 2 rings (SSSR count). The summed E-state index contributed by atoms with van der Waals surface area (Å²) in [7, 11) is -4.73. The molecule has 0 saturated carbocycles. The van der Waals surface area contributed by atoms with Gasteiger partial charge in [-0.3, -0.25) is 9.51 Å². The number of aromatic nitrogens is 1. The van der Waals surface area contributed by atoms with Crippen LogP contribution in [0, 0.1) is 6.92 Å². The van der Waals surface area contributed by atoms with Crippen LogP contribution in [0.3, 0.4) is 0 Å². The first-order valence-corrected chi connectivity index (χ1v) is 9.73. The molecule has 8 N–H and O–H groups in total. The summed E-state index contributed by atoms with van der Waals surface area (Å²) in [4.78, 5) is 32.9. The van der Waals surface area contributed by atoms with E-state index in [2.05, 4.69) is 14.8 Å². The van der Waals surface area contributed by atoms with Crippen molar-refractivity contribution in [2.24, 2.45) is 5.73 Å². The van der Waals surface area contributed by atoms with Crippen LogP contribution in [0.25, 0.3) is 0 Å². The highest BCUT2D eigenvalue weighted by atomic mass is 31.2. The summed E-state index contributed by atoms with van der Waals surface area (Å²) in [6.45, 7) is 0.998. The minimum absolute atomic E-state index is 0.0516. The van der Waals surface area contributed by atoms with Gasteiger partial charge in [-0.2, -0.15) is 0 Å². The summed E-state index contributed by atoms with van der Waals surface area (Å²) in [5.41, 5.74) is 7.16. The Hall–Kier alpha value is -2.27. The molecule has 0 spiro atoms. The Labute approximate surface area is 160 Å². The Balaban J connectivity index is 2.32. The van der Waals surface area contributed by atoms with Crippen LogP contribution < -0.4 is 11.1 Å². The smallest absolute Gasteiger partial charge is 0.469 e. The maximum atomic E-state index is 11.2. The number of hydrogen-bond acceptors (Lipinski definition) is 8. The number of nitrogens with two attached hydrogens (primary N) is 1. The lowest BCUT2D eigenvalue weighted by Crippen LogP contribution is -2.29. The number of phosphoric ester groups is 1. The van der Waals surface area contributed by atoms with Gasteiger partial charge in [-0.05, 0) is 31.4 Å². The highest BCUT2D eigenvalue weighted by Gasteiger charge is 2.22. The maximum Gasteiger partial charge on any atom is 0.469 e. The third-order valence-electron chi connectivity index (χ3n) is 4.23. The van der Waals surface area contributed by atoms with Gasteiger partial charge in [0.1, 0.15) is 12.0 Å². The predicted octanol–water partition coefficient (Wildman–Crippen LogP) is 0.131. The normalized spacial score (nSPS) is 16.0. The Morgan fingerprint density at radius 3 is 2.68 bits per heavy atom. The van der Waals surface area contributed by atoms with Crippen LogP contribution in [0.15, 0.2) is 29.1 Å². The van der Waals surface area contributed by atoms with Gasteiger partial charge in [-0.1, -0.05) is 0 Å². The zero-order chi connectivity index (χ0) is 21.1. The third kappa shape index (κ3) is 5.61. The SMILES string of the molecule is Cc1ncc(COP(=O)(O)O)c(CNC2=C(C(N)O)CCC(C(=O)O)=C2)c1O. The molecule has 12 heteroatoms. The largest absolute Gasteiger partial charge is 0.506 e. The topological polar surface area (TPSA) is 195 Å². The second-order valence-corrected chi connectivity index (χ2v) is 7.41. The molecule has 28 heavy (non-hydrogen) atoms. The summed E-state index contributed by atoms with van der Waals surface area (Å²) >= 11 is 0. The first kappa shape index (κ1) is 22.0. The third-order valence-corrected chi connectivity index (χ3v) is 4.70. The standard InChI is InChI=1S/C16H22N3O8P/c1-8-14(20)12(10(5-18-8)7-27-28(24,25)26)6-19-13-4-9(16(22)23)2-3-11(13)15(17)21/h4-5,15,19-21H,2-3,6-7,17H2,1H3,(H,22,23)(H2,24,25,26). The van der Waals surface area contributed by atoms with Crippen molar-refractivity contribution in [2.45, 2.75) is 39.1 Å². The van der Waals surface area contributed by atoms with Crippen molar-refractivity contribution >= 4 is 13.8 Å². The second-order valence-electron chi connectivity index (χ2n) is 6.17. The molecule has 0 aliphatic heterocycles. The van der Waals surface area contributed by atoms with Crippen molar-refractivity contribution in [1.29, 1.82) is 0 Å². The summed E-state index contributed by atoms with van der Waals surface area (Å²) in [5, 5.41) is 32.1. The minimum Gasteiger partial charge on any atom is -0.506 e. The van der Waals surface area contributed by atoms with Crippen LogP contribution >= 0.6 is 7.82 Å². The summed E-state index contributed by atoms with van der Waals surface area (Å²) in [5.74, 6) is -1.30. The van der Waals surface area contributed by atoms with Gasteiger partial charge in [0.25, 0.3) is 0 Å². The zero-order valence-electron chi connectivity index (χ0n) is 15.0. The summed E-state index contributed by atoms with van der Waals surface area (Å²) < 4.78 is 15.4. The van der Waals surface area contributed by atoms with E-state index >= 15 is 0 Å². The van der Waals surface area contributed by atoms with Crippen LogP contribution in [-0.2, 0) is 27.0 Å². The second kappa shape index (κ2) is 8.82. The first-order valence-electron chi connectivity index (χ1n) is 8.20. The number of rotatable bonds is 8. The number of nitrogens with zero attached hydrogens (tertiary/aromatic N) is 1. The van der Waals surface area contributed by atoms with Gasteiger partial charge in [-0.15, -0.1) is 0 Å². The van der Waals surface area contributed by atoms with Crippen LogP contribution in [0.2, 0.25) is 0 Å². The quantitative estimate of drug-likeness (QED) is 0.225. The molecule has 0 saturated heterocycles. The van der Waals surface area contributed by atoms with Crippen LogP contribution in [0.5, 0.6) is 5.75 Å². The Kier molecular flexibility index (Phi) is 6.94. The van der Waals surface area contributed by atoms with Crippen molar-refractivity contribution < 1.29 is 39.0 Å². The Morgan fingerprint density at radius 2 is 2.11 bits per heavy atom. The molecule has 1 aliphatic rings.